The molecule has 0 amide bonds. The monoisotopic (exact) mass is 628 g/mol. The minimum atomic E-state index is -4.10. The van der Waals surface area contributed by atoms with Gasteiger partial charge in [-0.25, -0.2) is 13.2 Å². The number of nitrogens with zero attached hydrogens (tertiary/aromatic N) is 2. The fourth-order valence-corrected chi connectivity index (χ4v) is 7.30. The Hall–Kier alpha value is -3.54. The number of anilines is 2. The molecule has 3 aromatic rings. The molecule has 1 heterocycles. The van der Waals surface area contributed by atoms with Crippen LogP contribution in [0.3, 0.4) is 0 Å². The van der Waals surface area contributed by atoms with Gasteiger partial charge < -0.3 is 19.1 Å². The zero-order valence-corrected chi connectivity index (χ0v) is 26.4. The van der Waals surface area contributed by atoms with Gasteiger partial charge in [-0.05, 0) is 55.5 Å². The van der Waals surface area contributed by atoms with Crippen molar-refractivity contribution in [3.8, 4) is 11.5 Å². The Bertz CT molecular complexity index is 1530. The predicted octanol–water partition coefficient (Wildman–Crippen LogP) is 7.07. The number of hydrogen-bond donors (Lipinski definition) is 0. The van der Waals surface area contributed by atoms with Gasteiger partial charge in [0.15, 0.2) is 0 Å². The Morgan fingerprint density at radius 1 is 1.09 bits per heavy atom. The van der Waals surface area contributed by atoms with Crippen LogP contribution in [0.4, 0.5) is 15.8 Å². The molecule has 1 aliphatic heterocycles. The molecule has 1 aliphatic rings. The Balaban J connectivity index is 1.89. The molecule has 0 fully saturated rings. The second-order valence-corrected chi connectivity index (χ2v) is 12.6. The molecule has 8 nitrogen and oxygen atoms in total. The molecule has 0 radical (unpaired) electrons. The SMILES string of the molecule is CCCCC1CN(c2ccccc2)c2cc(SC)c(O/C=C(\F)C(=O)OCC)cc2S(=O)(=O)N1Cc1ccc(OC)cc1. The molecule has 11 heteroatoms. The fourth-order valence-electron chi connectivity index (χ4n) is 4.94. The highest BCUT2D eigenvalue weighted by Crippen LogP contribution is 2.44. The molecule has 0 spiro atoms. The Morgan fingerprint density at radius 3 is 2.44 bits per heavy atom. The first-order valence-corrected chi connectivity index (χ1v) is 16.8. The lowest BCUT2D eigenvalue weighted by Crippen LogP contribution is -2.43. The molecule has 230 valence electrons. The second-order valence-electron chi connectivity index (χ2n) is 9.92. The first-order valence-electron chi connectivity index (χ1n) is 14.1. The van der Waals surface area contributed by atoms with Crippen molar-refractivity contribution in [3.63, 3.8) is 0 Å². The number of esters is 1. The van der Waals surface area contributed by atoms with E-state index in [2.05, 4.69) is 6.92 Å². The first-order chi connectivity index (χ1) is 20.7. The van der Waals surface area contributed by atoms with Crippen LogP contribution in [0.5, 0.6) is 11.5 Å². The lowest BCUT2D eigenvalue weighted by Gasteiger charge is -2.31. The zero-order chi connectivity index (χ0) is 31.0. The van der Waals surface area contributed by atoms with Gasteiger partial charge in [0.05, 0.1) is 24.3 Å². The van der Waals surface area contributed by atoms with Crippen molar-refractivity contribution in [2.75, 3.05) is 31.4 Å². The number of carbonyl (C=O) groups is 1. The van der Waals surface area contributed by atoms with Crippen LogP contribution in [0, 0.1) is 0 Å². The normalized spacial score (nSPS) is 16.7. The van der Waals surface area contributed by atoms with Gasteiger partial charge in [0.1, 0.15) is 22.7 Å². The fraction of sp³-hybridized carbons (Fsp3) is 0.344. The van der Waals surface area contributed by atoms with Crippen molar-refractivity contribution in [1.29, 1.82) is 0 Å². The highest BCUT2D eigenvalue weighted by atomic mass is 32.2. The van der Waals surface area contributed by atoms with Crippen LogP contribution < -0.4 is 14.4 Å². The number of unbranched alkanes of at least 4 members (excludes halogenated alkanes) is 1. The molecular formula is C32H37FN2O6S2. The van der Waals surface area contributed by atoms with Gasteiger partial charge in [-0.2, -0.15) is 8.70 Å². The van der Waals surface area contributed by atoms with Crippen LogP contribution in [0.1, 0.15) is 38.7 Å². The average Bonchev–Trinajstić information content (AvgIpc) is 3.11. The highest BCUT2D eigenvalue weighted by Gasteiger charge is 2.40. The topological polar surface area (TPSA) is 85.4 Å². The number of para-hydroxylation sites is 1. The van der Waals surface area contributed by atoms with Crippen molar-refractivity contribution in [3.05, 3.63) is 84.4 Å². The molecular weight excluding hydrogens is 591 g/mol. The molecule has 0 saturated carbocycles. The maximum Gasteiger partial charge on any atom is 0.370 e. The summed E-state index contributed by atoms with van der Waals surface area (Å²) in [5.74, 6) is -1.59. The smallest absolute Gasteiger partial charge is 0.370 e. The lowest BCUT2D eigenvalue weighted by molar-refractivity contribution is -0.140. The zero-order valence-electron chi connectivity index (χ0n) is 24.8. The van der Waals surface area contributed by atoms with Gasteiger partial charge in [-0.15, -0.1) is 11.8 Å². The van der Waals surface area contributed by atoms with Gasteiger partial charge in [-0.3, -0.25) is 0 Å². The molecule has 3 aromatic carbocycles. The van der Waals surface area contributed by atoms with Crippen LogP contribution in [0.15, 0.2) is 88.6 Å². The van der Waals surface area contributed by atoms with E-state index in [9.17, 15) is 17.6 Å². The van der Waals surface area contributed by atoms with E-state index in [1.807, 2.05) is 65.8 Å². The van der Waals surface area contributed by atoms with Crippen molar-refractivity contribution >= 4 is 39.1 Å². The van der Waals surface area contributed by atoms with Crippen molar-refractivity contribution in [2.24, 2.45) is 0 Å². The summed E-state index contributed by atoms with van der Waals surface area (Å²) in [5, 5.41) is 0. The molecule has 0 saturated heterocycles. The molecule has 0 N–H and O–H groups in total. The quantitative estimate of drug-likeness (QED) is 0.0912. The van der Waals surface area contributed by atoms with E-state index in [1.54, 1.807) is 24.4 Å². The summed E-state index contributed by atoms with van der Waals surface area (Å²) >= 11 is 1.32. The molecule has 0 aliphatic carbocycles. The van der Waals surface area contributed by atoms with Gasteiger partial charge >= 0.3 is 5.97 Å². The number of carbonyl (C=O) groups excluding carboxylic acids is 1. The third-order valence-corrected chi connectivity index (χ3v) is 9.83. The van der Waals surface area contributed by atoms with E-state index in [1.165, 1.54) is 17.8 Å². The van der Waals surface area contributed by atoms with Crippen LogP contribution in [-0.2, 0) is 26.1 Å². The maximum absolute atomic E-state index is 14.6. The third-order valence-electron chi connectivity index (χ3n) is 7.14. The summed E-state index contributed by atoms with van der Waals surface area (Å²) in [5.41, 5.74) is 2.16. The summed E-state index contributed by atoms with van der Waals surface area (Å²) < 4.78 is 60.8. The number of halogens is 1. The number of ether oxygens (including phenoxy) is 3. The van der Waals surface area contributed by atoms with Crippen molar-refractivity contribution < 1.29 is 31.8 Å². The summed E-state index contributed by atoms with van der Waals surface area (Å²) in [7, 11) is -2.52. The van der Waals surface area contributed by atoms with E-state index in [0.29, 0.717) is 35.6 Å². The number of rotatable bonds is 12. The highest BCUT2D eigenvalue weighted by molar-refractivity contribution is 7.98. The van der Waals surface area contributed by atoms with Crippen molar-refractivity contribution in [1.82, 2.24) is 4.31 Å². The van der Waals surface area contributed by atoms with Crippen LogP contribution in [-0.4, -0.2) is 51.3 Å². The van der Waals surface area contributed by atoms with Crippen molar-refractivity contribution in [2.45, 2.75) is 55.5 Å². The number of thioether (sulfide) groups is 1. The summed E-state index contributed by atoms with van der Waals surface area (Å²) in [6, 6.07) is 19.8. The molecule has 43 heavy (non-hydrogen) atoms. The minimum absolute atomic E-state index is 0.00575. The number of benzene rings is 3. The molecule has 1 atom stereocenters. The maximum atomic E-state index is 14.6. The minimum Gasteiger partial charge on any atom is -0.497 e. The van der Waals surface area contributed by atoms with E-state index in [4.69, 9.17) is 14.2 Å². The predicted molar refractivity (Wildman–Crippen MR) is 167 cm³/mol. The van der Waals surface area contributed by atoms with Gasteiger partial charge in [0.25, 0.3) is 0 Å². The summed E-state index contributed by atoms with van der Waals surface area (Å²) in [6.07, 6.45) is 4.89. The lowest BCUT2D eigenvalue weighted by atomic mass is 10.1. The number of sulfonamides is 1. The largest absolute Gasteiger partial charge is 0.497 e. The number of methoxy groups -OCH3 is 1. The molecule has 0 aromatic heterocycles. The molecule has 4 rings (SSSR count). The van der Waals surface area contributed by atoms with Crippen LogP contribution in [0.25, 0.3) is 0 Å². The Kier molecular flexibility index (Phi) is 11.1. The summed E-state index contributed by atoms with van der Waals surface area (Å²) in [6.45, 7) is 4.24. The van der Waals surface area contributed by atoms with E-state index in [0.717, 1.165) is 24.1 Å². The van der Waals surface area contributed by atoms with Crippen LogP contribution >= 0.6 is 11.8 Å². The van der Waals surface area contributed by atoms with Crippen LogP contribution in [0.2, 0.25) is 0 Å². The van der Waals surface area contributed by atoms with E-state index in [-0.39, 0.29) is 29.8 Å². The Morgan fingerprint density at radius 2 is 1.81 bits per heavy atom. The molecule has 1 unspecified atom stereocenters. The third kappa shape index (κ3) is 7.52. The molecule has 0 bridgehead atoms. The standard InChI is InChI=1S/C32H37FN2O6S2/c1-5-7-11-25-21-34(24-12-9-8-10-13-24)28-18-30(42-4)29(41-22-27(33)32(36)40-6-2)19-31(28)43(37,38)35(25)20-23-14-16-26(39-3)17-15-23/h8-10,12-19,22,25H,5-7,11,20-21H2,1-4H3/b27-22-. The second kappa shape index (κ2) is 14.8. The van der Waals surface area contributed by atoms with Gasteiger partial charge in [-0.1, -0.05) is 50.1 Å². The number of hydrogen-bond acceptors (Lipinski definition) is 8. The van der Waals surface area contributed by atoms with E-state index < -0.39 is 21.8 Å². The number of fused-ring (bicyclic) bond motifs is 1. The van der Waals surface area contributed by atoms with E-state index >= 15 is 0 Å². The van der Waals surface area contributed by atoms with Gasteiger partial charge in [0.2, 0.25) is 15.9 Å². The average molecular weight is 629 g/mol. The first kappa shape index (κ1) is 32.4. The van der Waals surface area contributed by atoms with Gasteiger partial charge in [0, 0.05) is 30.9 Å². The summed E-state index contributed by atoms with van der Waals surface area (Å²) in [4.78, 5) is 14.4. The Labute approximate surface area is 257 Å².